The molecule has 1 saturated carbocycles. The number of hydrogen-bond donors (Lipinski definition) is 0. The number of ketones is 1. The largest absolute Gasteiger partial charge is 0.299 e. The van der Waals surface area contributed by atoms with Crippen molar-refractivity contribution in [1.29, 1.82) is 0 Å². The smallest absolute Gasteiger partial charge is 0.248 e. The summed E-state index contributed by atoms with van der Waals surface area (Å²) in [6.07, 6.45) is 2.86. The molecule has 1 aromatic heterocycles. The van der Waals surface area contributed by atoms with Crippen LogP contribution in [0.4, 0.5) is 5.95 Å². The molecule has 2 unspecified atom stereocenters. The van der Waals surface area contributed by atoms with Gasteiger partial charge in [-0.15, -0.1) is 0 Å². The molecule has 0 bridgehead atoms. The Morgan fingerprint density at radius 2 is 1.96 bits per heavy atom. The number of rotatable bonds is 1. The van der Waals surface area contributed by atoms with Gasteiger partial charge >= 0.3 is 0 Å². The number of halogens is 1. The van der Waals surface area contributed by atoms with Gasteiger partial charge in [0.05, 0.1) is 12.0 Å². The summed E-state index contributed by atoms with van der Waals surface area (Å²) in [5.74, 6) is 0.529. The fourth-order valence-electron chi connectivity index (χ4n) is 3.68. The Morgan fingerprint density at radius 3 is 2.70 bits per heavy atom. The molecule has 1 aromatic carbocycles. The van der Waals surface area contributed by atoms with Gasteiger partial charge in [0, 0.05) is 17.2 Å². The number of carbonyl (C=O) groups is 1. The number of hydrogen-bond acceptors (Lipinski definition) is 4. The summed E-state index contributed by atoms with van der Waals surface area (Å²) in [4.78, 5) is 21.7. The van der Waals surface area contributed by atoms with Gasteiger partial charge in [-0.2, -0.15) is 10.1 Å². The highest BCUT2D eigenvalue weighted by Gasteiger charge is 2.46. The van der Waals surface area contributed by atoms with E-state index in [4.69, 9.17) is 11.6 Å². The summed E-state index contributed by atoms with van der Waals surface area (Å²) in [6, 6.07) is 7.40. The first-order chi connectivity index (χ1) is 10.9. The Morgan fingerprint density at radius 1 is 1.22 bits per heavy atom. The zero-order chi connectivity index (χ0) is 16.2. The summed E-state index contributed by atoms with van der Waals surface area (Å²) in [7, 11) is 0. The molecule has 1 aliphatic heterocycles. The topological polar surface area (TPSA) is 60.1 Å². The maximum Gasteiger partial charge on any atom is 0.248 e. The van der Waals surface area contributed by atoms with Crippen LogP contribution in [0.2, 0.25) is 5.02 Å². The number of aromatic nitrogens is 3. The van der Waals surface area contributed by atoms with Gasteiger partial charge in [0.25, 0.3) is 0 Å². The Labute approximate surface area is 139 Å². The zero-order valence-corrected chi connectivity index (χ0v) is 13.8. The highest BCUT2D eigenvalue weighted by molar-refractivity contribution is 6.30. The van der Waals surface area contributed by atoms with Crippen LogP contribution in [0.5, 0.6) is 0 Å². The van der Waals surface area contributed by atoms with Crippen LogP contribution in [-0.2, 0) is 4.79 Å². The predicted molar refractivity (Wildman–Crippen MR) is 88.2 cm³/mol. The normalized spacial score (nSPS) is 25.5. The summed E-state index contributed by atoms with van der Waals surface area (Å²) in [5, 5.41) is 4.99. The number of benzene rings is 1. The molecule has 118 valence electrons. The average Bonchev–Trinajstić information content (AvgIpc) is 2.92. The van der Waals surface area contributed by atoms with Gasteiger partial charge in [-0.25, -0.2) is 9.67 Å². The maximum absolute atomic E-state index is 12.9. The fraction of sp³-hybridized carbons (Fsp3) is 0.412. The average molecular weight is 329 g/mol. The molecule has 2 atom stereocenters. The Balaban J connectivity index is 1.87. The number of Topliss-reactive ketones (excluding diaryl/α,β-unsaturated/α-hetero) is 1. The Kier molecular flexibility index (Phi) is 3.17. The van der Waals surface area contributed by atoms with E-state index in [-0.39, 0.29) is 23.2 Å². The summed E-state index contributed by atoms with van der Waals surface area (Å²) in [5.41, 5.74) is 1.87. The van der Waals surface area contributed by atoms with Crippen LogP contribution in [0.3, 0.4) is 0 Å². The molecule has 4 rings (SSSR count). The summed E-state index contributed by atoms with van der Waals surface area (Å²) < 4.78 is 1.76. The standard InChI is InChI=1S/C17H17ClN4O/c1-17(2)7-12-14(13(23)8-17)15(10-3-5-11(18)6-4-10)22-16(21-12)19-9-20-22/h3-6,9,14-15H,7-8H2,1-2H3. The number of fused-ring (bicyclic) bond motifs is 2. The molecule has 23 heavy (non-hydrogen) atoms. The van der Waals surface area contributed by atoms with E-state index in [1.165, 1.54) is 6.33 Å². The van der Waals surface area contributed by atoms with Crippen LogP contribution in [0, 0.1) is 11.3 Å². The minimum atomic E-state index is -0.265. The quantitative estimate of drug-likeness (QED) is 0.803. The van der Waals surface area contributed by atoms with Crippen molar-refractivity contribution in [2.75, 3.05) is 0 Å². The van der Waals surface area contributed by atoms with Crippen LogP contribution in [0.15, 0.2) is 35.6 Å². The molecule has 5 nitrogen and oxygen atoms in total. The number of nitrogens with zero attached hydrogens (tertiary/aromatic N) is 4. The van der Waals surface area contributed by atoms with E-state index in [2.05, 4.69) is 28.9 Å². The number of carbonyl (C=O) groups excluding carboxylic acids is 1. The van der Waals surface area contributed by atoms with Gasteiger partial charge in [-0.3, -0.25) is 4.79 Å². The lowest BCUT2D eigenvalue weighted by Crippen LogP contribution is -2.44. The van der Waals surface area contributed by atoms with E-state index in [9.17, 15) is 4.79 Å². The molecule has 1 aliphatic carbocycles. The molecule has 2 aromatic rings. The predicted octanol–water partition coefficient (Wildman–Crippen LogP) is 3.61. The summed E-state index contributed by atoms with van der Waals surface area (Å²) in [6.45, 7) is 4.22. The molecular formula is C17H17ClN4O. The Bertz CT molecular complexity index is 806. The monoisotopic (exact) mass is 328 g/mol. The summed E-state index contributed by atoms with van der Waals surface area (Å²) >= 11 is 6.01. The third-order valence-electron chi connectivity index (χ3n) is 4.61. The van der Waals surface area contributed by atoms with E-state index in [1.807, 2.05) is 24.3 Å². The molecule has 6 heteroatoms. The molecule has 0 radical (unpaired) electrons. The highest BCUT2D eigenvalue weighted by Crippen LogP contribution is 2.44. The maximum atomic E-state index is 12.9. The van der Waals surface area contributed by atoms with Crippen molar-refractivity contribution >= 4 is 29.0 Å². The van der Waals surface area contributed by atoms with Gasteiger partial charge in [0.2, 0.25) is 5.95 Å². The van der Waals surface area contributed by atoms with Crippen LogP contribution in [0.25, 0.3) is 0 Å². The van der Waals surface area contributed by atoms with Gasteiger partial charge in [-0.1, -0.05) is 37.6 Å². The van der Waals surface area contributed by atoms with E-state index in [1.54, 1.807) is 4.68 Å². The first-order valence-corrected chi connectivity index (χ1v) is 8.08. The van der Waals surface area contributed by atoms with Gasteiger partial charge in [-0.05, 0) is 29.5 Å². The zero-order valence-electron chi connectivity index (χ0n) is 13.0. The molecule has 1 fully saturated rings. The van der Waals surface area contributed by atoms with Crippen molar-refractivity contribution in [1.82, 2.24) is 14.8 Å². The minimum absolute atomic E-state index is 0.0564. The lowest BCUT2D eigenvalue weighted by molar-refractivity contribution is -0.124. The third-order valence-corrected chi connectivity index (χ3v) is 4.86. The van der Waals surface area contributed by atoms with Crippen molar-refractivity contribution in [3.63, 3.8) is 0 Å². The third kappa shape index (κ3) is 2.39. The highest BCUT2D eigenvalue weighted by atomic mass is 35.5. The second-order valence-corrected chi connectivity index (χ2v) is 7.50. The van der Waals surface area contributed by atoms with Crippen molar-refractivity contribution in [3.05, 3.63) is 41.2 Å². The first kappa shape index (κ1) is 14.6. The molecule has 0 amide bonds. The second-order valence-electron chi connectivity index (χ2n) is 7.07. The van der Waals surface area contributed by atoms with E-state index in [0.717, 1.165) is 17.7 Å². The van der Waals surface area contributed by atoms with E-state index in [0.29, 0.717) is 17.4 Å². The second kappa shape index (κ2) is 4.99. The van der Waals surface area contributed by atoms with Crippen LogP contribution in [0.1, 0.15) is 38.3 Å². The Hall–Kier alpha value is -2.01. The molecule has 2 aliphatic rings. The van der Waals surface area contributed by atoms with E-state index < -0.39 is 0 Å². The van der Waals surface area contributed by atoms with E-state index >= 15 is 0 Å². The molecule has 0 spiro atoms. The van der Waals surface area contributed by atoms with Crippen LogP contribution < -0.4 is 0 Å². The van der Waals surface area contributed by atoms with Gasteiger partial charge in [0.1, 0.15) is 12.1 Å². The van der Waals surface area contributed by atoms with Crippen molar-refractivity contribution in [3.8, 4) is 0 Å². The van der Waals surface area contributed by atoms with Crippen molar-refractivity contribution in [2.24, 2.45) is 16.3 Å². The van der Waals surface area contributed by atoms with Gasteiger partial charge in [0.15, 0.2) is 0 Å². The SMILES string of the molecule is CC1(C)CC(=O)C2C(=Nc3ncnn3C2c2ccc(Cl)cc2)C1. The van der Waals surface area contributed by atoms with Crippen molar-refractivity contribution in [2.45, 2.75) is 32.7 Å². The molecule has 0 saturated heterocycles. The van der Waals surface area contributed by atoms with Crippen molar-refractivity contribution < 1.29 is 4.79 Å². The lowest BCUT2D eigenvalue weighted by atomic mass is 9.67. The lowest BCUT2D eigenvalue weighted by Gasteiger charge is -2.40. The van der Waals surface area contributed by atoms with Crippen LogP contribution >= 0.6 is 11.6 Å². The molecular weight excluding hydrogens is 312 g/mol. The first-order valence-electron chi connectivity index (χ1n) is 7.70. The fourth-order valence-corrected chi connectivity index (χ4v) is 3.81. The van der Waals surface area contributed by atoms with Gasteiger partial charge < -0.3 is 0 Å². The minimum Gasteiger partial charge on any atom is -0.299 e. The molecule has 0 N–H and O–H groups in total. The number of aliphatic imine (C=N–C) groups is 1. The molecule has 2 heterocycles. The van der Waals surface area contributed by atoms with Crippen LogP contribution in [-0.4, -0.2) is 26.3 Å².